The Kier molecular flexibility index (Phi) is 56.0. The van der Waals surface area contributed by atoms with Gasteiger partial charge in [0.1, 0.15) is 19.3 Å². The topological polar surface area (TPSA) is 114 Å². The minimum atomic E-state index is -4.72. The van der Waals surface area contributed by atoms with Gasteiger partial charge in [-0.15, -0.1) is 0 Å². The van der Waals surface area contributed by atoms with Gasteiger partial charge in [0.25, 0.3) is 7.82 Å². The Morgan fingerprint density at radius 2 is 0.812 bits per heavy atom. The number of quaternary nitrogens is 1. The molecule has 0 aromatic carbocycles. The molecule has 0 aliphatic rings. The first kappa shape index (κ1) is 76.4. The van der Waals surface area contributed by atoms with Crippen LogP contribution in [0.1, 0.15) is 258 Å². The maximum absolute atomic E-state index is 13.5. The van der Waals surface area contributed by atoms with Crippen LogP contribution in [0, 0.1) is 0 Å². The number of hydrogen-bond donors (Lipinski definition) is 1. The molecule has 0 bridgehead atoms. The lowest BCUT2D eigenvalue weighted by atomic mass is 10.0. The standard InChI is InChI=1S/C70H121N2O7P/c1-7-10-13-16-19-22-25-28-30-32-33-34-35-36-37-38-39-41-43-45-48-51-54-57-60-63-70(74)79-68(61-58-55-52-49-46-27-24-21-18-15-12-9-3)67(66-78-80(75,76)77-65-64-72(4,5)6)71-69(73)62-59-56-53-50-47-44-42-40-31-29-26-23-20-17-14-11-8-2/h11,14,19-20,22-23,28-31,33-34,36-37,42,44,50,53,58,61,67-68H,7-10,12-13,15-18,21,24-27,32,35,38-41,43,45-49,51-52,54-57,59-60,62-66H2,1-6H3,(H-,71,73,75,76)/b14-11-,22-19-,23-20-,30-28-,31-29-,34-33-,37-36-,44-42-,53-50-,61-58-. The summed E-state index contributed by atoms with van der Waals surface area (Å²) in [6.07, 6.45) is 81.8. The summed E-state index contributed by atoms with van der Waals surface area (Å²) in [5, 5.41) is 2.99. The van der Waals surface area contributed by atoms with E-state index in [-0.39, 0.29) is 31.3 Å². The van der Waals surface area contributed by atoms with Crippen molar-refractivity contribution < 1.29 is 37.3 Å². The van der Waals surface area contributed by atoms with Crippen molar-refractivity contribution in [1.29, 1.82) is 0 Å². The van der Waals surface area contributed by atoms with Gasteiger partial charge in [0.2, 0.25) is 5.91 Å². The number of phosphoric acid groups is 1. The molecule has 80 heavy (non-hydrogen) atoms. The molecule has 0 saturated heterocycles. The fourth-order valence-corrected chi connectivity index (χ4v) is 9.38. The quantitative estimate of drug-likeness (QED) is 0.0212. The van der Waals surface area contributed by atoms with E-state index in [1.807, 2.05) is 33.3 Å². The van der Waals surface area contributed by atoms with Crippen molar-refractivity contribution in [2.24, 2.45) is 0 Å². The van der Waals surface area contributed by atoms with E-state index in [9.17, 15) is 19.0 Å². The van der Waals surface area contributed by atoms with Gasteiger partial charge in [0.05, 0.1) is 33.8 Å². The van der Waals surface area contributed by atoms with Gasteiger partial charge in [0, 0.05) is 12.8 Å². The second-order valence-corrected chi connectivity index (χ2v) is 23.9. The highest BCUT2D eigenvalue weighted by atomic mass is 31.2. The highest BCUT2D eigenvalue weighted by Crippen LogP contribution is 2.38. The van der Waals surface area contributed by atoms with Gasteiger partial charge in [-0.05, 0) is 115 Å². The first-order valence-corrected chi connectivity index (χ1v) is 33.8. The molecule has 0 aromatic heterocycles. The summed E-state index contributed by atoms with van der Waals surface area (Å²) >= 11 is 0. The van der Waals surface area contributed by atoms with E-state index in [1.165, 1.54) is 109 Å². The maximum atomic E-state index is 13.5. The van der Waals surface area contributed by atoms with Crippen molar-refractivity contribution in [3.8, 4) is 0 Å². The van der Waals surface area contributed by atoms with Crippen LogP contribution in [-0.2, 0) is 27.9 Å². The average Bonchev–Trinajstić information content (AvgIpc) is 3.42. The number of carbonyl (C=O) groups excluding carboxylic acids is 2. The van der Waals surface area contributed by atoms with E-state index < -0.39 is 26.6 Å². The third kappa shape index (κ3) is 59.0. The van der Waals surface area contributed by atoms with E-state index in [0.29, 0.717) is 23.9 Å². The molecule has 0 spiro atoms. The zero-order chi connectivity index (χ0) is 58.6. The van der Waals surface area contributed by atoms with Gasteiger partial charge in [-0.25, -0.2) is 0 Å². The molecular formula is C70H121N2O7P. The zero-order valence-electron chi connectivity index (χ0n) is 52.2. The first-order chi connectivity index (χ1) is 38.9. The van der Waals surface area contributed by atoms with Gasteiger partial charge in [0.15, 0.2) is 0 Å². The number of nitrogens with zero attached hydrogens (tertiary/aromatic N) is 1. The van der Waals surface area contributed by atoms with Gasteiger partial charge in [-0.1, -0.05) is 252 Å². The predicted molar refractivity (Wildman–Crippen MR) is 343 cm³/mol. The van der Waals surface area contributed by atoms with Gasteiger partial charge < -0.3 is 28.5 Å². The molecule has 10 heteroatoms. The summed E-state index contributed by atoms with van der Waals surface area (Å²) in [5.41, 5.74) is 0. The summed E-state index contributed by atoms with van der Waals surface area (Å²) in [6.45, 7) is 6.64. The summed E-state index contributed by atoms with van der Waals surface area (Å²) in [7, 11) is 1.13. The van der Waals surface area contributed by atoms with E-state index in [4.69, 9.17) is 13.8 Å². The molecule has 0 rings (SSSR count). The van der Waals surface area contributed by atoms with Gasteiger partial charge >= 0.3 is 5.97 Å². The van der Waals surface area contributed by atoms with Crippen molar-refractivity contribution in [3.63, 3.8) is 0 Å². The maximum Gasteiger partial charge on any atom is 0.306 e. The molecule has 0 fully saturated rings. The Bertz CT molecular complexity index is 1780. The van der Waals surface area contributed by atoms with Crippen molar-refractivity contribution >= 4 is 19.7 Å². The van der Waals surface area contributed by atoms with Crippen LogP contribution in [0.15, 0.2) is 122 Å². The Morgan fingerprint density at radius 1 is 0.450 bits per heavy atom. The Hall–Kier alpha value is -3.59. The van der Waals surface area contributed by atoms with Crippen LogP contribution in [0.25, 0.3) is 0 Å². The van der Waals surface area contributed by atoms with Crippen molar-refractivity contribution in [3.05, 3.63) is 122 Å². The Morgan fingerprint density at radius 3 is 1.25 bits per heavy atom. The van der Waals surface area contributed by atoms with Crippen molar-refractivity contribution in [2.75, 3.05) is 40.9 Å². The smallest absolute Gasteiger partial charge is 0.306 e. The number of carbonyl (C=O) groups is 2. The molecule has 0 heterocycles. The van der Waals surface area contributed by atoms with Crippen LogP contribution in [0.4, 0.5) is 0 Å². The van der Waals surface area contributed by atoms with E-state index in [2.05, 4.69) is 135 Å². The molecule has 1 N–H and O–H groups in total. The zero-order valence-corrected chi connectivity index (χ0v) is 53.1. The lowest BCUT2D eigenvalue weighted by molar-refractivity contribution is -0.870. The molecule has 0 aliphatic carbocycles. The Labute approximate surface area is 493 Å². The number of likely N-dealkylation sites (N-methyl/N-ethyl adjacent to an activating group) is 1. The molecule has 3 unspecified atom stereocenters. The minimum Gasteiger partial charge on any atom is -0.756 e. The fourth-order valence-electron chi connectivity index (χ4n) is 8.66. The monoisotopic (exact) mass is 1130 g/mol. The molecule has 1 amide bonds. The first-order valence-electron chi connectivity index (χ1n) is 32.3. The van der Waals surface area contributed by atoms with E-state index >= 15 is 0 Å². The fraction of sp³-hybridized carbons (Fsp3) is 0.686. The molecule has 0 saturated carbocycles. The van der Waals surface area contributed by atoms with Crippen LogP contribution < -0.4 is 10.2 Å². The molecule has 458 valence electrons. The number of unbranched alkanes of at least 4 members (excludes halogenated alkanes) is 23. The van der Waals surface area contributed by atoms with Gasteiger partial charge in [-0.3, -0.25) is 14.2 Å². The van der Waals surface area contributed by atoms with Crippen LogP contribution in [0.3, 0.4) is 0 Å². The third-order valence-corrected chi connectivity index (χ3v) is 14.6. The molecule has 0 aliphatic heterocycles. The summed E-state index contributed by atoms with van der Waals surface area (Å²) in [5.74, 6) is -0.622. The average molecular weight is 1130 g/mol. The van der Waals surface area contributed by atoms with E-state index in [0.717, 1.165) is 103 Å². The SMILES string of the molecule is CC/C=C\C/C=C\C/C=C\C/C=C\C/C=C\CCCC(=O)NC(COP(=O)([O-])OCC[N+](C)(C)C)C(/C=C\CCCCCCCCCCCC)OC(=O)CCCCCCCCCCC/C=C\C/C=C\C/C=C\C/C=C\CCCCC. The number of esters is 1. The number of ether oxygens (including phenoxy) is 1. The minimum absolute atomic E-state index is 0.0401. The lowest BCUT2D eigenvalue weighted by Crippen LogP contribution is -2.47. The highest BCUT2D eigenvalue weighted by molar-refractivity contribution is 7.45. The van der Waals surface area contributed by atoms with Crippen molar-refractivity contribution in [1.82, 2.24) is 5.32 Å². The van der Waals surface area contributed by atoms with Crippen LogP contribution in [-0.4, -0.2) is 69.4 Å². The summed E-state index contributed by atoms with van der Waals surface area (Å²) < 4.78 is 30.3. The molecule has 0 aromatic rings. The largest absolute Gasteiger partial charge is 0.756 e. The van der Waals surface area contributed by atoms with E-state index in [1.54, 1.807) is 0 Å². The van der Waals surface area contributed by atoms with Crippen molar-refractivity contribution in [2.45, 2.75) is 270 Å². The van der Waals surface area contributed by atoms with Gasteiger partial charge in [-0.2, -0.15) is 0 Å². The number of rotatable bonds is 57. The summed E-state index contributed by atoms with van der Waals surface area (Å²) in [4.78, 5) is 40.0. The van der Waals surface area contributed by atoms with Crippen LogP contribution in [0.5, 0.6) is 0 Å². The number of amides is 1. The second kappa shape index (κ2) is 58.6. The third-order valence-electron chi connectivity index (χ3n) is 13.6. The molecule has 0 radical (unpaired) electrons. The molecular weight excluding hydrogens is 1010 g/mol. The van der Waals surface area contributed by atoms with Crippen LogP contribution >= 0.6 is 7.82 Å². The molecule has 3 atom stereocenters. The Balaban J connectivity index is 5.25. The highest BCUT2D eigenvalue weighted by Gasteiger charge is 2.27. The number of nitrogens with one attached hydrogen (secondary N) is 1. The predicted octanol–water partition coefficient (Wildman–Crippen LogP) is 19.6. The number of hydrogen-bond acceptors (Lipinski definition) is 7. The molecule has 9 nitrogen and oxygen atoms in total. The lowest BCUT2D eigenvalue weighted by Gasteiger charge is -2.30. The number of phosphoric ester groups is 1. The summed E-state index contributed by atoms with van der Waals surface area (Å²) in [6, 6.07) is -0.929. The normalized spacial score (nSPS) is 14.4. The second-order valence-electron chi connectivity index (χ2n) is 22.5. The van der Waals surface area contributed by atoms with Crippen LogP contribution in [0.2, 0.25) is 0 Å². The number of allylic oxidation sites excluding steroid dienone is 19.